The van der Waals surface area contributed by atoms with Crippen molar-refractivity contribution < 1.29 is 0 Å². The number of aryl methyl sites for hydroxylation is 1. The Hall–Kier alpha value is -2.51. The molecular formula is C16H15N3. The SMILES string of the molecule is Cc1ccc(/C=C/Cc2ccccc2N=[N+]=[N-])cc1. The van der Waals surface area contributed by atoms with Crippen LogP contribution >= 0.6 is 0 Å². The quantitative estimate of drug-likeness (QED) is 0.406. The normalized spacial score (nSPS) is 10.4. The molecule has 0 aliphatic heterocycles. The van der Waals surface area contributed by atoms with Crippen molar-refractivity contribution in [2.45, 2.75) is 13.3 Å². The molecule has 0 saturated heterocycles. The van der Waals surface area contributed by atoms with Crippen LogP contribution in [0.25, 0.3) is 16.5 Å². The first-order chi connectivity index (χ1) is 9.29. The smallest absolute Gasteiger partial charge is 0.0410 e. The van der Waals surface area contributed by atoms with E-state index < -0.39 is 0 Å². The largest absolute Gasteiger partial charge is 0.0795 e. The molecule has 2 aromatic carbocycles. The van der Waals surface area contributed by atoms with Gasteiger partial charge >= 0.3 is 0 Å². The standard InChI is InChI=1S/C16H15N3/c1-13-9-11-14(12-10-13)5-4-7-15-6-2-3-8-16(15)18-19-17/h2-6,8-12H,7H2,1H3/b5-4+. The summed E-state index contributed by atoms with van der Waals surface area (Å²) in [4.78, 5) is 2.84. The summed E-state index contributed by atoms with van der Waals surface area (Å²) in [6, 6.07) is 16.0. The highest BCUT2D eigenvalue weighted by molar-refractivity contribution is 5.52. The van der Waals surface area contributed by atoms with Crippen molar-refractivity contribution in [2.75, 3.05) is 0 Å². The molecule has 2 rings (SSSR count). The molecule has 0 saturated carbocycles. The second-order valence-electron chi connectivity index (χ2n) is 4.34. The van der Waals surface area contributed by atoms with Crippen LogP contribution in [0.15, 0.2) is 59.7 Å². The van der Waals surface area contributed by atoms with Crippen molar-refractivity contribution >= 4 is 11.8 Å². The number of azide groups is 1. The number of rotatable bonds is 4. The first kappa shape index (κ1) is 12.9. The van der Waals surface area contributed by atoms with Crippen molar-refractivity contribution in [2.24, 2.45) is 5.11 Å². The average molecular weight is 249 g/mol. The van der Waals surface area contributed by atoms with Gasteiger partial charge in [-0.25, -0.2) is 0 Å². The molecule has 0 aliphatic rings. The summed E-state index contributed by atoms with van der Waals surface area (Å²) >= 11 is 0. The molecule has 3 heteroatoms. The van der Waals surface area contributed by atoms with Crippen molar-refractivity contribution in [1.29, 1.82) is 0 Å². The summed E-state index contributed by atoms with van der Waals surface area (Å²) in [5.74, 6) is 0. The predicted molar refractivity (Wildman–Crippen MR) is 79.2 cm³/mol. The molecule has 3 nitrogen and oxygen atoms in total. The van der Waals surface area contributed by atoms with E-state index in [4.69, 9.17) is 5.53 Å². The minimum absolute atomic E-state index is 0.693. The van der Waals surface area contributed by atoms with E-state index in [1.807, 2.05) is 24.3 Å². The lowest BCUT2D eigenvalue weighted by molar-refractivity contribution is 1.25. The minimum atomic E-state index is 0.693. The van der Waals surface area contributed by atoms with Gasteiger partial charge in [0.2, 0.25) is 0 Å². The van der Waals surface area contributed by atoms with Crippen molar-refractivity contribution in [3.8, 4) is 0 Å². The molecule has 0 radical (unpaired) electrons. The fourth-order valence-corrected chi connectivity index (χ4v) is 1.83. The number of nitrogens with zero attached hydrogens (tertiary/aromatic N) is 3. The van der Waals surface area contributed by atoms with Gasteiger partial charge in [0.1, 0.15) is 0 Å². The molecule has 0 heterocycles. The zero-order valence-electron chi connectivity index (χ0n) is 10.8. The van der Waals surface area contributed by atoms with Crippen LogP contribution in [0.3, 0.4) is 0 Å². The first-order valence-electron chi connectivity index (χ1n) is 6.16. The van der Waals surface area contributed by atoms with Crippen molar-refractivity contribution in [3.63, 3.8) is 0 Å². The van der Waals surface area contributed by atoms with Crippen LogP contribution in [0.2, 0.25) is 0 Å². The van der Waals surface area contributed by atoms with Crippen LogP contribution in [-0.2, 0) is 6.42 Å². The molecule has 0 N–H and O–H groups in total. The highest BCUT2D eigenvalue weighted by atomic mass is 15.1. The zero-order chi connectivity index (χ0) is 13.5. The highest BCUT2D eigenvalue weighted by Gasteiger charge is 1.96. The third kappa shape index (κ3) is 3.73. The lowest BCUT2D eigenvalue weighted by Gasteiger charge is -2.01. The average Bonchev–Trinajstić information content (AvgIpc) is 2.43. The molecule has 0 aromatic heterocycles. The molecule has 0 aliphatic carbocycles. The lowest BCUT2D eigenvalue weighted by Crippen LogP contribution is -1.81. The van der Waals surface area contributed by atoms with Gasteiger partial charge in [0.25, 0.3) is 0 Å². The van der Waals surface area contributed by atoms with Gasteiger partial charge in [0.05, 0.1) is 0 Å². The summed E-state index contributed by atoms with van der Waals surface area (Å²) in [5, 5.41) is 3.69. The zero-order valence-corrected chi connectivity index (χ0v) is 10.8. The Labute approximate surface area is 112 Å². The maximum Gasteiger partial charge on any atom is 0.0410 e. The third-order valence-electron chi connectivity index (χ3n) is 2.87. The van der Waals surface area contributed by atoms with Crippen LogP contribution in [0.1, 0.15) is 16.7 Å². The Balaban J connectivity index is 2.10. The van der Waals surface area contributed by atoms with E-state index in [-0.39, 0.29) is 0 Å². The summed E-state index contributed by atoms with van der Waals surface area (Å²) in [6.45, 7) is 2.07. The molecule has 94 valence electrons. The molecule has 2 aromatic rings. The Kier molecular flexibility index (Phi) is 4.38. The van der Waals surface area contributed by atoms with Crippen LogP contribution in [0.5, 0.6) is 0 Å². The van der Waals surface area contributed by atoms with Gasteiger partial charge in [-0.2, -0.15) is 0 Å². The van der Waals surface area contributed by atoms with E-state index in [9.17, 15) is 0 Å². The molecule has 19 heavy (non-hydrogen) atoms. The monoisotopic (exact) mass is 249 g/mol. The van der Waals surface area contributed by atoms with Gasteiger partial charge < -0.3 is 0 Å². The Bertz CT molecular complexity index is 621. The third-order valence-corrected chi connectivity index (χ3v) is 2.87. The maximum absolute atomic E-state index is 8.51. The molecular weight excluding hydrogens is 234 g/mol. The number of benzene rings is 2. The Morgan fingerprint density at radius 1 is 1.11 bits per heavy atom. The van der Waals surface area contributed by atoms with E-state index in [2.05, 4.69) is 53.4 Å². The van der Waals surface area contributed by atoms with Crippen LogP contribution in [0.4, 0.5) is 5.69 Å². The van der Waals surface area contributed by atoms with Gasteiger partial charge in [-0.3, -0.25) is 0 Å². The topological polar surface area (TPSA) is 48.8 Å². The fourth-order valence-electron chi connectivity index (χ4n) is 1.83. The van der Waals surface area contributed by atoms with E-state index in [1.54, 1.807) is 0 Å². The van der Waals surface area contributed by atoms with Crippen LogP contribution < -0.4 is 0 Å². The molecule has 0 amide bonds. The molecule has 0 fully saturated rings. The van der Waals surface area contributed by atoms with Crippen LogP contribution in [0, 0.1) is 6.92 Å². The predicted octanol–water partition coefficient (Wildman–Crippen LogP) is 5.19. The molecule has 0 atom stereocenters. The summed E-state index contributed by atoms with van der Waals surface area (Å²) in [7, 11) is 0. The van der Waals surface area contributed by atoms with Gasteiger partial charge in [-0.15, -0.1) is 0 Å². The van der Waals surface area contributed by atoms with Crippen molar-refractivity contribution in [1.82, 2.24) is 0 Å². The van der Waals surface area contributed by atoms with Crippen LogP contribution in [-0.4, -0.2) is 0 Å². The van der Waals surface area contributed by atoms with E-state index >= 15 is 0 Å². The summed E-state index contributed by atoms with van der Waals surface area (Å²) < 4.78 is 0. The second-order valence-corrected chi connectivity index (χ2v) is 4.34. The first-order valence-corrected chi connectivity index (χ1v) is 6.16. The van der Waals surface area contributed by atoms with Gasteiger partial charge in [0.15, 0.2) is 0 Å². The summed E-state index contributed by atoms with van der Waals surface area (Å²) in [5.41, 5.74) is 12.7. The van der Waals surface area contributed by atoms with Gasteiger partial charge in [-0.1, -0.05) is 71.4 Å². The number of allylic oxidation sites excluding steroid dienone is 1. The fraction of sp³-hybridized carbons (Fsp3) is 0.125. The van der Waals surface area contributed by atoms with E-state index in [1.165, 1.54) is 11.1 Å². The van der Waals surface area contributed by atoms with Gasteiger partial charge in [0, 0.05) is 10.6 Å². The molecule has 0 spiro atoms. The van der Waals surface area contributed by atoms with E-state index in [0.717, 1.165) is 12.0 Å². The number of hydrogen-bond acceptors (Lipinski definition) is 1. The van der Waals surface area contributed by atoms with Gasteiger partial charge in [-0.05, 0) is 30.0 Å². The van der Waals surface area contributed by atoms with E-state index in [0.29, 0.717) is 5.69 Å². The number of hydrogen-bond donors (Lipinski definition) is 0. The Morgan fingerprint density at radius 2 is 1.84 bits per heavy atom. The Morgan fingerprint density at radius 3 is 2.58 bits per heavy atom. The second kappa shape index (κ2) is 6.43. The maximum atomic E-state index is 8.51. The minimum Gasteiger partial charge on any atom is -0.0795 e. The lowest BCUT2D eigenvalue weighted by atomic mass is 10.1. The summed E-state index contributed by atoms with van der Waals surface area (Å²) in [6.07, 6.45) is 4.91. The highest BCUT2D eigenvalue weighted by Crippen LogP contribution is 2.20. The molecule has 0 bridgehead atoms. The van der Waals surface area contributed by atoms with Crippen molar-refractivity contribution in [3.05, 3.63) is 81.7 Å². The molecule has 0 unspecified atom stereocenters.